The van der Waals surface area contributed by atoms with Crippen molar-refractivity contribution in [3.8, 4) is 0 Å². The van der Waals surface area contributed by atoms with Crippen molar-refractivity contribution in [3.05, 3.63) is 29.8 Å². The molecular weight excluding hydrogens is 272 g/mol. The molecule has 20 heavy (non-hydrogen) atoms. The minimum atomic E-state index is -3.21. The van der Waals surface area contributed by atoms with Gasteiger partial charge in [-0.05, 0) is 43.0 Å². The zero-order valence-electron chi connectivity index (χ0n) is 12.1. The molecule has 0 aromatic heterocycles. The van der Waals surface area contributed by atoms with Crippen LogP contribution in [0.5, 0.6) is 0 Å². The largest absolute Gasteiger partial charge is 0.326 e. The second-order valence-corrected chi connectivity index (χ2v) is 7.83. The van der Waals surface area contributed by atoms with Crippen molar-refractivity contribution in [1.29, 1.82) is 0 Å². The molecule has 2 rings (SSSR count). The van der Waals surface area contributed by atoms with Gasteiger partial charge in [-0.2, -0.15) is 0 Å². The monoisotopic (exact) mass is 296 g/mol. The minimum Gasteiger partial charge on any atom is -0.326 e. The Bertz CT molecular complexity index is 543. The van der Waals surface area contributed by atoms with Crippen molar-refractivity contribution in [2.75, 3.05) is 25.4 Å². The number of hydrogen-bond donors (Lipinski definition) is 1. The van der Waals surface area contributed by atoms with Crippen molar-refractivity contribution in [2.24, 2.45) is 11.7 Å². The summed E-state index contributed by atoms with van der Waals surface area (Å²) in [5.41, 5.74) is 6.42. The lowest BCUT2D eigenvalue weighted by Crippen LogP contribution is -2.37. The van der Waals surface area contributed by atoms with Crippen LogP contribution in [0, 0.1) is 5.92 Å². The topological polar surface area (TPSA) is 63.4 Å². The summed E-state index contributed by atoms with van der Waals surface area (Å²) in [6.07, 6.45) is 2.42. The fourth-order valence-electron chi connectivity index (χ4n) is 2.72. The van der Waals surface area contributed by atoms with Gasteiger partial charge >= 0.3 is 0 Å². The molecule has 1 heterocycles. The predicted octanol–water partition coefficient (Wildman–Crippen LogP) is 1.65. The molecule has 0 bridgehead atoms. The Morgan fingerprint density at radius 2 is 2.20 bits per heavy atom. The van der Waals surface area contributed by atoms with Gasteiger partial charge in [0.1, 0.15) is 0 Å². The molecule has 1 atom stereocenters. The maximum Gasteiger partial charge on any atom is 0.179 e. The fraction of sp³-hybridized carbons (Fsp3) is 0.600. The van der Waals surface area contributed by atoms with Crippen molar-refractivity contribution in [2.45, 2.75) is 31.2 Å². The molecule has 2 N–H and O–H groups in total. The third-order valence-corrected chi connectivity index (χ3v) is 5.60. The average molecular weight is 296 g/mol. The van der Waals surface area contributed by atoms with Crippen LogP contribution >= 0.6 is 0 Å². The highest BCUT2D eigenvalue weighted by Gasteiger charge is 2.20. The third kappa shape index (κ3) is 4.04. The molecule has 5 heteroatoms. The van der Waals surface area contributed by atoms with Gasteiger partial charge in [0.2, 0.25) is 0 Å². The van der Waals surface area contributed by atoms with E-state index in [1.165, 1.54) is 12.8 Å². The summed E-state index contributed by atoms with van der Waals surface area (Å²) >= 11 is 0. The lowest BCUT2D eigenvalue weighted by atomic mass is 10.0. The molecule has 0 amide bonds. The molecule has 0 spiro atoms. The van der Waals surface area contributed by atoms with Crippen LogP contribution in [0.25, 0.3) is 0 Å². The average Bonchev–Trinajstić information content (AvgIpc) is 2.45. The quantitative estimate of drug-likeness (QED) is 0.897. The first kappa shape index (κ1) is 15.5. The molecular formula is C15H24N2O2S. The van der Waals surface area contributed by atoms with Gasteiger partial charge in [-0.3, -0.25) is 0 Å². The van der Waals surface area contributed by atoms with E-state index in [4.69, 9.17) is 5.73 Å². The van der Waals surface area contributed by atoms with Crippen LogP contribution in [0.3, 0.4) is 0 Å². The predicted molar refractivity (Wildman–Crippen MR) is 81.2 cm³/mol. The van der Waals surface area contributed by atoms with E-state index in [1.807, 2.05) is 6.07 Å². The zero-order valence-corrected chi connectivity index (χ0v) is 12.9. The van der Waals surface area contributed by atoms with Crippen LogP contribution in [-0.2, 0) is 16.4 Å². The van der Waals surface area contributed by atoms with Crippen LogP contribution in [0.1, 0.15) is 25.3 Å². The number of piperidine rings is 1. The van der Waals surface area contributed by atoms with Gasteiger partial charge in [-0.15, -0.1) is 0 Å². The molecule has 1 fully saturated rings. The molecule has 4 nitrogen and oxygen atoms in total. The lowest BCUT2D eigenvalue weighted by molar-refractivity contribution is 0.193. The third-order valence-electron chi connectivity index (χ3n) is 3.91. The van der Waals surface area contributed by atoms with E-state index in [-0.39, 0.29) is 5.75 Å². The number of benzene rings is 1. The van der Waals surface area contributed by atoms with E-state index in [9.17, 15) is 8.42 Å². The minimum absolute atomic E-state index is 0.188. The molecule has 1 aromatic carbocycles. The summed E-state index contributed by atoms with van der Waals surface area (Å²) < 4.78 is 24.7. The lowest BCUT2D eigenvalue weighted by Gasteiger charge is -2.30. The first-order chi connectivity index (χ1) is 9.51. The Kier molecular flexibility index (Phi) is 5.18. The number of likely N-dealkylation sites (tertiary alicyclic amines) is 1. The van der Waals surface area contributed by atoms with E-state index < -0.39 is 9.84 Å². The standard InChI is InChI=1S/C15H24N2O2S/c1-13-4-3-7-17(12-13)8-9-20(18,19)15-6-2-5-14(10-15)11-16/h2,5-6,10,13H,3-4,7-9,11-12,16H2,1H3. The number of hydrogen-bond acceptors (Lipinski definition) is 4. The molecule has 0 saturated carbocycles. The van der Waals surface area contributed by atoms with E-state index in [0.29, 0.717) is 23.9 Å². The number of nitrogens with two attached hydrogens (primary N) is 1. The van der Waals surface area contributed by atoms with Gasteiger partial charge in [0.15, 0.2) is 9.84 Å². The highest BCUT2D eigenvalue weighted by atomic mass is 32.2. The van der Waals surface area contributed by atoms with Crippen LogP contribution in [0.4, 0.5) is 0 Å². The van der Waals surface area contributed by atoms with Crippen LogP contribution in [0.15, 0.2) is 29.2 Å². The number of nitrogens with zero attached hydrogens (tertiary/aromatic N) is 1. The van der Waals surface area contributed by atoms with Crippen molar-refractivity contribution in [1.82, 2.24) is 4.90 Å². The molecule has 1 saturated heterocycles. The molecule has 112 valence electrons. The second-order valence-electron chi connectivity index (χ2n) is 5.72. The molecule has 0 aliphatic carbocycles. The normalized spacial score (nSPS) is 21.0. The van der Waals surface area contributed by atoms with Crippen molar-refractivity contribution < 1.29 is 8.42 Å². The summed E-state index contributed by atoms with van der Waals surface area (Å²) in [5.74, 6) is 0.861. The Morgan fingerprint density at radius 1 is 1.40 bits per heavy atom. The summed E-state index contributed by atoms with van der Waals surface area (Å²) in [6.45, 7) is 5.25. The fourth-order valence-corrected chi connectivity index (χ4v) is 4.07. The van der Waals surface area contributed by atoms with Gasteiger partial charge in [0.05, 0.1) is 10.6 Å². The first-order valence-corrected chi connectivity index (χ1v) is 8.90. The zero-order chi connectivity index (χ0) is 14.6. The number of rotatable bonds is 5. The molecule has 1 aliphatic rings. The molecule has 1 unspecified atom stereocenters. The van der Waals surface area contributed by atoms with Crippen molar-refractivity contribution in [3.63, 3.8) is 0 Å². The maximum atomic E-state index is 12.4. The van der Waals surface area contributed by atoms with Gasteiger partial charge in [0.25, 0.3) is 0 Å². The SMILES string of the molecule is CC1CCCN(CCS(=O)(=O)c2cccc(CN)c2)C1. The smallest absolute Gasteiger partial charge is 0.179 e. The Labute approximate surface area is 121 Å². The van der Waals surface area contributed by atoms with Crippen molar-refractivity contribution >= 4 is 9.84 Å². The van der Waals surface area contributed by atoms with Gasteiger partial charge in [-0.25, -0.2) is 8.42 Å². The highest BCUT2D eigenvalue weighted by molar-refractivity contribution is 7.91. The summed E-state index contributed by atoms with van der Waals surface area (Å²) in [5, 5.41) is 0. The Balaban J connectivity index is 1.99. The first-order valence-electron chi connectivity index (χ1n) is 7.25. The summed E-state index contributed by atoms with van der Waals surface area (Å²) in [6, 6.07) is 6.96. The van der Waals surface area contributed by atoms with E-state index in [0.717, 1.165) is 18.7 Å². The molecule has 0 radical (unpaired) electrons. The Hall–Kier alpha value is -0.910. The van der Waals surface area contributed by atoms with E-state index in [2.05, 4.69) is 11.8 Å². The second kappa shape index (κ2) is 6.70. The highest BCUT2D eigenvalue weighted by Crippen LogP contribution is 2.17. The number of sulfone groups is 1. The van der Waals surface area contributed by atoms with Crippen LogP contribution in [-0.4, -0.2) is 38.7 Å². The molecule has 1 aromatic rings. The van der Waals surface area contributed by atoms with Gasteiger partial charge in [0, 0.05) is 19.6 Å². The summed E-state index contributed by atoms with van der Waals surface area (Å²) in [7, 11) is -3.21. The van der Waals surface area contributed by atoms with Gasteiger partial charge in [-0.1, -0.05) is 19.1 Å². The summed E-state index contributed by atoms with van der Waals surface area (Å²) in [4.78, 5) is 2.66. The van der Waals surface area contributed by atoms with Crippen LogP contribution in [0.2, 0.25) is 0 Å². The van der Waals surface area contributed by atoms with E-state index >= 15 is 0 Å². The maximum absolute atomic E-state index is 12.4. The van der Waals surface area contributed by atoms with Gasteiger partial charge < -0.3 is 10.6 Å². The molecule has 1 aliphatic heterocycles. The van der Waals surface area contributed by atoms with Crippen LogP contribution < -0.4 is 5.73 Å². The Morgan fingerprint density at radius 3 is 2.90 bits per heavy atom. The van der Waals surface area contributed by atoms with E-state index in [1.54, 1.807) is 18.2 Å².